The van der Waals surface area contributed by atoms with Crippen LogP contribution in [0.2, 0.25) is 0 Å². The lowest BCUT2D eigenvalue weighted by Gasteiger charge is -2.28. The van der Waals surface area contributed by atoms with Crippen LogP contribution in [0.5, 0.6) is 0 Å². The standard InChI is InChI=1S/C6HF9O3.ClH/c7-1(8)2(9)18-6(14,15)5(12,13)4(10,11)3(16)17;/h(H,16,17);1H/p-1. The summed E-state index contributed by atoms with van der Waals surface area (Å²) in [4.78, 5) is 9.66. The molecule has 0 heterocycles. The van der Waals surface area contributed by atoms with Crippen LogP contribution in [0.3, 0.4) is 0 Å². The van der Waals surface area contributed by atoms with Gasteiger partial charge in [0.1, 0.15) is 0 Å². The molecule has 0 spiro atoms. The molecule has 0 aliphatic rings. The zero-order valence-corrected chi connectivity index (χ0v) is 8.80. The molecule has 13 heteroatoms. The molecule has 0 saturated carbocycles. The molecule has 0 aliphatic carbocycles. The van der Waals surface area contributed by atoms with Crippen LogP contribution in [-0.2, 0) is 9.53 Å². The van der Waals surface area contributed by atoms with Gasteiger partial charge in [-0.25, -0.2) is 4.79 Å². The Labute approximate surface area is 104 Å². The molecule has 0 saturated heterocycles. The molecule has 114 valence electrons. The maximum atomic E-state index is 12.4. The fourth-order valence-corrected chi connectivity index (χ4v) is 0.532. The first-order valence-corrected chi connectivity index (χ1v) is 3.54. The summed E-state index contributed by atoms with van der Waals surface area (Å²) in [5, 5.41) is 7.61. The summed E-state index contributed by atoms with van der Waals surface area (Å²) in [5.74, 6) is -16.8. The minimum Gasteiger partial charge on any atom is -1.00 e. The van der Waals surface area contributed by atoms with Crippen molar-refractivity contribution in [1.82, 2.24) is 0 Å². The predicted molar refractivity (Wildman–Crippen MR) is 33.9 cm³/mol. The van der Waals surface area contributed by atoms with Gasteiger partial charge < -0.3 is 22.3 Å². The Kier molecular flexibility index (Phi) is 6.06. The number of carboxylic acid groups (broad SMARTS) is 1. The van der Waals surface area contributed by atoms with E-state index in [-0.39, 0.29) is 12.4 Å². The summed E-state index contributed by atoms with van der Waals surface area (Å²) in [5.41, 5.74) is 0. The lowest BCUT2D eigenvalue weighted by Crippen LogP contribution is -3.00. The van der Waals surface area contributed by atoms with E-state index >= 15 is 0 Å². The van der Waals surface area contributed by atoms with Crippen molar-refractivity contribution in [3.63, 3.8) is 0 Å². The smallest absolute Gasteiger partial charge is 0.473 e. The molecule has 0 aromatic carbocycles. The van der Waals surface area contributed by atoms with Gasteiger partial charge in [-0.2, -0.15) is 39.5 Å². The third-order valence-electron chi connectivity index (χ3n) is 1.39. The lowest BCUT2D eigenvalue weighted by atomic mass is 10.1. The van der Waals surface area contributed by atoms with Crippen molar-refractivity contribution in [1.29, 1.82) is 0 Å². The van der Waals surface area contributed by atoms with Gasteiger partial charge >= 0.3 is 36.0 Å². The van der Waals surface area contributed by atoms with Crippen molar-refractivity contribution >= 4 is 5.97 Å². The molecule has 19 heavy (non-hydrogen) atoms. The highest BCUT2D eigenvalue weighted by atomic mass is 35.5. The third-order valence-corrected chi connectivity index (χ3v) is 1.39. The minimum atomic E-state index is -6.77. The summed E-state index contributed by atoms with van der Waals surface area (Å²) in [6.07, 6.45) is -10.1. The molecular formula is C6HClF9O3-. The lowest BCUT2D eigenvalue weighted by molar-refractivity contribution is -0.386. The third kappa shape index (κ3) is 3.58. The van der Waals surface area contributed by atoms with Gasteiger partial charge in [0.2, 0.25) is 0 Å². The Hall–Kier alpha value is -1.33. The van der Waals surface area contributed by atoms with Gasteiger partial charge in [-0.3, -0.25) is 0 Å². The van der Waals surface area contributed by atoms with Crippen LogP contribution < -0.4 is 12.4 Å². The van der Waals surface area contributed by atoms with Crippen molar-refractivity contribution in [2.75, 3.05) is 0 Å². The number of halogens is 10. The van der Waals surface area contributed by atoms with Crippen LogP contribution in [0.25, 0.3) is 0 Å². The maximum Gasteiger partial charge on any atom is 0.473 e. The molecule has 3 nitrogen and oxygen atoms in total. The summed E-state index contributed by atoms with van der Waals surface area (Å²) in [7, 11) is 0. The van der Waals surface area contributed by atoms with Gasteiger partial charge in [0.25, 0.3) is 0 Å². The second-order valence-electron chi connectivity index (χ2n) is 2.61. The molecule has 0 bridgehead atoms. The Bertz CT molecular complexity index is 376. The average molecular weight is 328 g/mol. The summed E-state index contributed by atoms with van der Waals surface area (Å²) in [6, 6.07) is -3.54. The molecule has 0 amide bonds. The highest BCUT2D eigenvalue weighted by molar-refractivity contribution is 5.76. The molecule has 0 unspecified atom stereocenters. The van der Waals surface area contributed by atoms with E-state index in [9.17, 15) is 44.3 Å². The number of carboxylic acids is 1. The predicted octanol–water partition coefficient (Wildman–Crippen LogP) is -0.00990. The van der Waals surface area contributed by atoms with Crippen LogP contribution in [0.15, 0.2) is 12.1 Å². The van der Waals surface area contributed by atoms with Crippen molar-refractivity contribution in [2.45, 2.75) is 18.0 Å². The van der Waals surface area contributed by atoms with Crippen LogP contribution in [0.4, 0.5) is 39.5 Å². The molecule has 1 N–H and O–H groups in total. The Balaban J connectivity index is 0. The first kappa shape index (κ1) is 20.0. The number of rotatable bonds is 5. The van der Waals surface area contributed by atoms with Gasteiger partial charge in [0.15, 0.2) is 0 Å². The van der Waals surface area contributed by atoms with Crippen molar-refractivity contribution in [2.24, 2.45) is 0 Å². The summed E-state index contributed by atoms with van der Waals surface area (Å²) < 4.78 is 110. The van der Waals surface area contributed by atoms with E-state index in [1.54, 1.807) is 0 Å². The van der Waals surface area contributed by atoms with E-state index in [0.717, 1.165) is 0 Å². The monoisotopic (exact) mass is 327 g/mol. The van der Waals surface area contributed by atoms with Crippen molar-refractivity contribution < 1.29 is 66.6 Å². The quantitative estimate of drug-likeness (QED) is 0.571. The molecular weight excluding hydrogens is 326 g/mol. The average Bonchev–Trinajstić information content (AvgIpc) is 2.15. The van der Waals surface area contributed by atoms with E-state index in [4.69, 9.17) is 5.11 Å². The number of aliphatic carboxylic acids is 1. The summed E-state index contributed by atoms with van der Waals surface area (Å²) in [6.45, 7) is 0. The molecule has 0 aromatic heterocycles. The van der Waals surface area contributed by atoms with E-state index in [1.165, 1.54) is 0 Å². The fourth-order valence-electron chi connectivity index (χ4n) is 0.532. The van der Waals surface area contributed by atoms with Crippen molar-refractivity contribution in [3.05, 3.63) is 12.1 Å². The highest BCUT2D eigenvalue weighted by Gasteiger charge is 2.78. The van der Waals surface area contributed by atoms with E-state index in [1.807, 2.05) is 4.74 Å². The SMILES string of the molecule is O=C(O)C(F)(F)C(F)(F)C(F)(F)OC(F)=C(F)F.[Cl-]. The Morgan fingerprint density at radius 1 is 0.947 bits per heavy atom. The normalized spacial score (nSPS) is 12.5. The summed E-state index contributed by atoms with van der Waals surface area (Å²) >= 11 is 0. The molecule has 0 rings (SSSR count). The largest absolute Gasteiger partial charge is 1.00 e. The molecule has 0 radical (unpaired) electrons. The highest BCUT2D eigenvalue weighted by Crippen LogP contribution is 2.47. The maximum absolute atomic E-state index is 12.4. The molecule has 0 aliphatic heterocycles. The van der Waals surface area contributed by atoms with Gasteiger partial charge in [-0.15, -0.1) is 0 Å². The van der Waals surface area contributed by atoms with E-state index in [2.05, 4.69) is 0 Å². The topological polar surface area (TPSA) is 46.5 Å². The van der Waals surface area contributed by atoms with Crippen molar-refractivity contribution in [3.8, 4) is 0 Å². The van der Waals surface area contributed by atoms with Gasteiger partial charge in [-0.1, -0.05) is 0 Å². The number of hydrogen-bond acceptors (Lipinski definition) is 2. The van der Waals surface area contributed by atoms with Crippen LogP contribution >= 0.6 is 0 Å². The van der Waals surface area contributed by atoms with Gasteiger partial charge in [-0.05, 0) is 0 Å². The number of alkyl halides is 6. The van der Waals surface area contributed by atoms with Gasteiger partial charge in [0, 0.05) is 0 Å². The molecule has 0 aromatic rings. The Morgan fingerprint density at radius 3 is 1.58 bits per heavy atom. The number of carbonyl (C=O) groups is 1. The second-order valence-corrected chi connectivity index (χ2v) is 2.61. The van der Waals surface area contributed by atoms with Crippen LogP contribution in [-0.4, -0.2) is 29.0 Å². The molecule has 0 fully saturated rings. The second kappa shape index (κ2) is 5.75. The number of hydrogen-bond donors (Lipinski definition) is 1. The zero-order chi connectivity index (χ0) is 14.9. The fraction of sp³-hybridized carbons (Fsp3) is 0.500. The molecule has 0 atom stereocenters. The van der Waals surface area contributed by atoms with Gasteiger partial charge in [0.05, 0.1) is 0 Å². The minimum absolute atomic E-state index is 0. The Morgan fingerprint density at radius 2 is 1.32 bits per heavy atom. The first-order valence-electron chi connectivity index (χ1n) is 3.54. The zero-order valence-electron chi connectivity index (χ0n) is 8.04. The first-order chi connectivity index (χ1) is 7.77. The number of ether oxygens (including phenoxy) is 1. The van der Waals surface area contributed by atoms with Crippen LogP contribution in [0.1, 0.15) is 0 Å². The van der Waals surface area contributed by atoms with E-state index < -0.39 is 36.0 Å². The van der Waals surface area contributed by atoms with E-state index in [0.29, 0.717) is 0 Å². The van der Waals surface area contributed by atoms with Crippen LogP contribution in [0, 0.1) is 0 Å².